The van der Waals surface area contributed by atoms with Crippen molar-refractivity contribution in [2.24, 2.45) is 17.8 Å². The lowest BCUT2D eigenvalue weighted by Crippen LogP contribution is -2.49. The van der Waals surface area contributed by atoms with Crippen molar-refractivity contribution in [3.05, 3.63) is 42.0 Å². The van der Waals surface area contributed by atoms with Crippen molar-refractivity contribution in [3.8, 4) is 0 Å². The summed E-state index contributed by atoms with van der Waals surface area (Å²) in [6, 6.07) is 9.45. The van der Waals surface area contributed by atoms with Crippen LogP contribution in [0.2, 0.25) is 0 Å². The molecule has 2 atom stereocenters. The van der Waals surface area contributed by atoms with Crippen molar-refractivity contribution in [2.45, 2.75) is 26.7 Å². The molecule has 0 radical (unpaired) electrons. The zero-order chi connectivity index (χ0) is 21.3. The predicted molar refractivity (Wildman–Crippen MR) is 107 cm³/mol. The number of allylic oxidation sites excluding steroid dienone is 1. The summed E-state index contributed by atoms with van der Waals surface area (Å²) < 4.78 is 23.9. The van der Waals surface area contributed by atoms with Gasteiger partial charge in [0, 0.05) is 7.05 Å². The molecule has 0 saturated carbocycles. The van der Waals surface area contributed by atoms with Gasteiger partial charge in [0.15, 0.2) is 0 Å². The van der Waals surface area contributed by atoms with Crippen LogP contribution in [0.3, 0.4) is 0 Å². The third-order valence-electron chi connectivity index (χ3n) is 4.26. The molecule has 0 bridgehead atoms. The molecule has 1 aromatic carbocycles. The van der Waals surface area contributed by atoms with Crippen LogP contribution < -0.4 is 10.9 Å². The molecule has 0 heterocycles. The van der Waals surface area contributed by atoms with Crippen molar-refractivity contribution in [2.75, 3.05) is 13.3 Å². The number of hydrazine groups is 1. The number of nitrogens with one attached hydrogen (secondary N) is 2. The van der Waals surface area contributed by atoms with E-state index < -0.39 is 33.7 Å². The maximum atomic E-state index is 12.7. The molecule has 8 nitrogen and oxygen atoms in total. The summed E-state index contributed by atoms with van der Waals surface area (Å²) in [6.07, 6.45) is 5.10. The Morgan fingerprint density at radius 1 is 1.14 bits per heavy atom. The molecule has 156 valence electrons. The van der Waals surface area contributed by atoms with Gasteiger partial charge in [-0.05, 0) is 24.3 Å². The van der Waals surface area contributed by atoms with Gasteiger partial charge in [0.05, 0.1) is 18.1 Å². The number of hydroxylamine groups is 1. The van der Waals surface area contributed by atoms with Gasteiger partial charge in [-0.15, -0.1) is 4.41 Å². The van der Waals surface area contributed by atoms with E-state index in [-0.39, 0.29) is 12.3 Å². The van der Waals surface area contributed by atoms with E-state index >= 15 is 0 Å². The molecule has 0 saturated heterocycles. The van der Waals surface area contributed by atoms with Crippen LogP contribution >= 0.6 is 0 Å². The lowest BCUT2D eigenvalue weighted by molar-refractivity contribution is -0.141. The Morgan fingerprint density at radius 3 is 2.25 bits per heavy atom. The maximum absolute atomic E-state index is 12.7. The fraction of sp³-hybridized carbons (Fsp3) is 0.474. The zero-order valence-electron chi connectivity index (χ0n) is 16.6. The van der Waals surface area contributed by atoms with E-state index in [9.17, 15) is 18.0 Å². The number of hydrogen-bond acceptors (Lipinski definition) is 5. The zero-order valence-corrected chi connectivity index (χ0v) is 17.4. The fourth-order valence-electron chi connectivity index (χ4n) is 2.73. The number of carbonyl (C=O) groups excluding carboxylic acids is 2. The summed E-state index contributed by atoms with van der Waals surface area (Å²) in [4.78, 5) is 25.0. The second-order valence-electron chi connectivity index (χ2n) is 7.07. The molecule has 0 fully saturated rings. The molecule has 3 N–H and O–H groups in total. The first-order chi connectivity index (χ1) is 13.1. The average Bonchev–Trinajstić information content (AvgIpc) is 2.63. The Kier molecular flexibility index (Phi) is 9.30. The van der Waals surface area contributed by atoms with E-state index in [0.717, 1.165) is 16.2 Å². The predicted octanol–water partition coefficient (Wildman–Crippen LogP) is 1.80. The number of sulfonamides is 1. The molecule has 0 spiro atoms. The van der Waals surface area contributed by atoms with Crippen LogP contribution in [0.5, 0.6) is 0 Å². The highest BCUT2D eigenvalue weighted by Gasteiger charge is 2.34. The fourth-order valence-corrected chi connectivity index (χ4v) is 2.99. The molecular formula is C19H29N3O5S. The Bertz CT molecular complexity index is 778. The van der Waals surface area contributed by atoms with Crippen LogP contribution in [0.15, 0.2) is 36.4 Å². The highest BCUT2D eigenvalue weighted by atomic mass is 32.2. The second-order valence-corrected chi connectivity index (χ2v) is 9.09. The first kappa shape index (κ1) is 23.8. The first-order valence-corrected chi connectivity index (χ1v) is 10.8. The maximum Gasteiger partial charge on any atom is 0.247 e. The molecule has 0 aliphatic heterocycles. The molecule has 0 unspecified atom stereocenters. The van der Waals surface area contributed by atoms with Crippen LogP contribution in [-0.2, 0) is 19.6 Å². The van der Waals surface area contributed by atoms with E-state index in [1.165, 1.54) is 7.05 Å². The number of carbonyl (C=O) groups is 2. The lowest BCUT2D eigenvalue weighted by Gasteiger charge is -2.27. The van der Waals surface area contributed by atoms with Crippen LogP contribution in [0.1, 0.15) is 32.3 Å². The van der Waals surface area contributed by atoms with Gasteiger partial charge in [-0.1, -0.05) is 56.3 Å². The molecular weight excluding hydrogens is 382 g/mol. The van der Waals surface area contributed by atoms with Gasteiger partial charge in [-0.2, -0.15) is 0 Å². The largest absolute Gasteiger partial charge is 0.289 e. The summed E-state index contributed by atoms with van der Waals surface area (Å²) in [5.74, 6) is -2.90. The Morgan fingerprint density at radius 2 is 1.75 bits per heavy atom. The third-order valence-corrected chi connectivity index (χ3v) is 5.35. The van der Waals surface area contributed by atoms with E-state index in [4.69, 9.17) is 5.21 Å². The van der Waals surface area contributed by atoms with E-state index in [2.05, 4.69) is 5.43 Å². The molecule has 9 heteroatoms. The van der Waals surface area contributed by atoms with E-state index in [1.54, 1.807) is 11.6 Å². The monoisotopic (exact) mass is 411 g/mol. The summed E-state index contributed by atoms with van der Waals surface area (Å²) in [7, 11) is -2.41. The van der Waals surface area contributed by atoms with Crippen molar-refractivity contribution < 1.29 is 23.2 Å². The van der Waals surface area contributed by atoms with Gasteiger partial charge in [0.1, 0.15) is 0 Å². The molecule has 0 aromatic heterocycles. The van der Waals surface area contributed by atoms with Crippen LogP contribution in [-0.4, -0.2) is 43.2 Å². The van der Waals surface area contributed by atoms with Gasteiger partial charge < -0.3 is 0 Å². The topological polar surface area (TPSA) is 116 Å². The minimum atomic E-state index is -3.63. The molecule has 28 heavy (non-hydrogen) atoms. The van der Waals surface area contributed by atoms with Crippen LogP contribution in [0, 0.1) is 17.8 Å². The first-order valence-electron chi connectivity index (χ1n) is 8.96. The smallest absolute Gasteiger partial charge is 0.247 e. The second kappa shape index (κ2) is 10.9. The van der Waals surface area contributed by atoms with Crippen molar-refractivity contribution >= 4 is 27.9 Å². The minimum Gasteiger partial charge on any atom is -0.289 e. The van der Waals surface area contributed by atoms with Gasteiger partial charge >= 0.3 is 0 Å². The molecule has 2 amide bonds. The van der Waals surface area contributed by atoms with E-state index in [1.807, 2.05) is 50.3 Å². The minimum absolute atomic E-state index is 0.0754. The summed E-state index contributed by atoms with van der Waals surface area (Å²) >= 11 is 0. The Hall–Kier alpha value is -2.23. The highest BCUT2D eigenvalue weighted by molar-refractivity contribution is 7.88. The quantitative estimate of drug-likeness (QED) is 0.401. The third kappa shape index (κ3) is 7.79. The SMILES string of the molecule is CC(C)C[C@H](C(=O)NN(C)S(C)(=O)=O)[C@H](CC=Cc1ccccc1)C(=O)NO. The number of hydrogen-bond donors (Lipinski definition) is 3. The van der Waals surface area contributed by atoms with Gasteiger partial charge in [0.25, 0.3) is 0 Å². The number of benzene rings is 1. The normalized spacial score (nSPS) is 14.2. The number of rotatable bonds is 10. The van der Waals surface area contributed by atoms with E-state index in [0.29, 0.717) is 6.42 Å². The Labute approximate surface area is 166 Å². The lowest BCUT2D eigenvalue weighted by atomic mass is 9.82. The summed E-state index contributed by atoms with van der Waals surface area (Å²) in [6.45, 7) is 3.79. The Balaban J connectivity index is 3.05. The molecule has 0 aliphatic carbocycles. The highest BCUT2D eigenvalue weighted by Crippen LogP contribution is 2.25. The standard InChI is InChI=1S/C19H29N3O5S/c1-14(2)13-17(18(23)20-22(3)28(4,26)27)16(19(24)21-25)12-8-11-15-9-6-5-7-10-15/h5-11,14,16-17,25H,12-13H2,1-4H3,(H,20,23)(H,21,24)/t16-,17-/m0/s1. The van der Waals surface area contributed by atoms with Gasteiger partial charge in [-0.3, -0.25) is 20.2 Å². The average molecular weight is 412 g/mol. The molecule has 0 aliphatic rings. The molecule has 1 aromatic rings. The van der Waals surface area contributed by atoms with Crippen LogP contribution in [0.4, 0.5) is 0 Å². The van der Waals surface area contributed by atoms with Crippen molar-refractivity contribution in [3.63, 3.8) is 0 Å². The van der Waals surface area contributed by atoms with Gasteiger partial charge in [-0.25, -0.2) is 13.9 Å². The number of nitrogens with zero attached hydrogens (tertiary/aromatic N) is 1. The summed E-state index contributed by atoms with van der Waals surface area (Å²) in [5.41, 5.74) is 4.87. The van der Waals surface area contributed by atoms with Crippen LogP contribution in [0.25, 0.3) is 6.08 Å². The van der Waals surface area contributed by atoms with Crippen molar-refractivity contribution in [1.82, 2.24) is 15.3 Å². The summed E-state index contributed by atoms with van der Waals surface area (Å²) in [5, 5.41) is 9.14. The number of amides is 2. The molecule has 1 rings (SSSR count). The van der Waals surface area contributed by atoms with Gasteiger partial charge in [0.2, 0.25) is 21.8 Å². The van der Waals surface area contributed by atoms with Crippen molar-refractivity contribution in [1.29, 1.82) is 0 Å².